The fourth-order valence-corrected chi connectivity index (χ4v) is 4.81. The largest absolute Gasteiger partial charge is 0.469 e. The number of aryl methyl sites for hydroxylation is 1. The second-order valence-electron chi connectivity index (χ2n) is 7.68. The molecule has 1 spiro atoms. The SMILES string of the molecule is COC(=O)C1CCN(C(=O)NC[C@@H]2C[C@]23CCc2ccccc23)CC1. The van der Waals surface area contributed by atoms with Crippen LogP contribution in [-0.2, 0) is 21.4 Å². The summed E-state index contributed by atoms with van der Waals surface area (Å²) < 4.78 is 4.80. The van der Waals surface area contributed by atoms with E-state index in [1.807, 2.05) is 4.90 Å². The molecule has 1 saturated heterocycles. The van der Waals surface area contributed by atoms with Crippen LogP contribution in [-0.4, -0.2) is 43.6 Å². The zero-order valence-electron chi connectivity index (χ0n) is 14.8. The molecule has 1 heterocycles. The summed E-state index contributed by atoms with van der Waals surface area (Å²) >= 11 is 0. The highest BCUT2D eigenvalue weighted by molar-refractivity contribution is 5.76. The average molecular weight is 342 g/mol. The molecular weight excluding hydrogens is 316 g/mol. The highest BCUT2D eigenvalue weighted by Crippen LogP contribution is 2.61. The molecule has 0 radical (unpaired) electrons. The number of piperidine rings is 1. The first-order valence-corrected chi connectivity index (χ1v) is 9.33. The molecule has 0 bridgehead atoms. The molecule has 2 aliphatic carbocycles. The number of benzene rings is 1. The molecule has 1 N–H and O–H groups in total. The van der Waals surface area contributed by atoms with Crippen molar-refractivity contribution in [2.24, 2.45) is 11.8 Å². The van der Waals surface area contributed by atoms with Crippen LogP contribution in [0.5, 0.6) is 0 Å². The summed E-state index contributed by atoms with van der Waals surface area (Å²) in [6, 6.07) is 8.77. The lowest BCUT2D eigenvalue weighted by molar-refractivity contribution is -0.146. The van der Waals surface area contributed by atoms with E-state index in [9.17, 15) is 9.59 Å². The van der Waals surface area contributed by atoms with Crippen LogP contribution in [0, 0.1) is 11.8 Å². The van der Waals surface area contributed by atoms with E-state index in [4.69, 9.17) is 4.74 Å². The van der Waals surface area contributed by atoms with Gasteiger partial charge in [0.05, 0.1) is 13.0 Å². The van der Waals surface area contributed by atoms with Gasteiger partial charge in [0.15, 0.2) is 0 Å². The third kappa shape index (κ3) is 2.90. The molecule has 1 saturated carbocycles. The predicted octanol–water partition coefficient (Wildman–Crippen LogP) is 2.49. The Morgan fingerprint density at radius 1 is 1.28 bits per heavy atom. The Bertz CT molecular complexity index is 681. The van der Waals surface area contributed by atoms with E-state index in [2.05, 4.69) is 29.6 Å². The number of fused-ring (bicyclic) bond motifs is 2. The number of carbonyl (C=O) groups is 2. The fourth-order valence-electron chi connectivity index (χ4n) is 4.81. The number of methoxy groups -OCH3 is 1. The molecule has 134 valence electrons. The summed E-state index contributed by atoms with van der Waals surface area (Å²) in [6.07, 6.45) is 4.97. The number of rotatable bonds is 3. The first-order chi connectivity index (χ1) is 12.1. The van der Waals surface area contributed by atoms with E-state index < -0.39 is 0 Å². The van der Waals surface area contributed by atoms with Crippen LogP contribution in [0.3, 0.4) is 0 Å². The van der Waals surface area contributed by atoms with Crippen LogP contribution in [0.4, 0.5) is 4.79 Å². The molecule has 2 amide bonds. The fraction of sp³-hybridized carbons (Fsp3) is 0.600. The standard InChI is InChI=1S/C20H26N2O3/c1-25-18(23)15-7-10-22(11-8-15)19(24)21-13-16-12-20(16)9-6-14-4-2-3-5-17(14)20/h2-5,15-16H,6-13H2,1H3,(H,21,24)/t16-,20+/m0/s1. The molecule has 4 rings (SSSR count). The second kappa shape index (κ2) is 6.36. The third-order valence-electron chi connectivity index (χ3n) is 6.44. The molecule has 5 heteroatoms. The number of hydrogen-bond acceptors (Lipinski definition) is 3. The highest BCUT2D eigenvalue weighted by Gasteiger charge is 2.57. The van der Waals surface area contributed by atoms with Crippen molar-refractivity contribution in [2.75, 3.05) is 26.7 Å². The van der Waals surface area contributed by atoms with Crippen molar-refractivity contribution < 1.29 is 14.3 Å². The van der Waals surface area contributed by atoms with Gasteiger partial charge in [0.25, 0.3) is 0 Å². The maximum atomic E-state index is 12.4. The summed E-state index contributed by atoms with van der Waals surface area (Å²) in [7, 11) is 1.42. The average Bonchev–Trinajstić information content (AvgIpc) is 3.25. The Morgan fingerprint density at radius 3 is 2.80 bits per heavy atom. The van der Waals surface area contributed by atoms with E-state index in [0.717, 1.165) is 6.54 Å². The van der Waals surface area contributed by atoms with Gasteiger partial charge in [0.1, 0.15) is 0 Å². The first-order valence-electron chi connectivity index (χ1n) is 9.33. The minimum absolute atomic E-state index is 0.0108. The second-order valence-corrected chi connectivity index (χ2v) is 7.68. The maximum Gasteiger partial charge on any atom is 0.317 e. The zero-order valence-corrected chi connectivity index (χ0v) is 14.8. The topological polar surface area (TPSA) is 58.6 Å². The summed E-state index contributed by atoms with van der Waals surface area (Å²) in [5.41, 5.74) is 3.32. The molecule has 2 atom stereocenters. The van der Waals surface area contributed by atoms with Gasteiger partial charge < -0.3 is 15.0 Å². The van der Waals surface area contributed by atoms with E-state index in [1.54, 1.807) is 0 Å². The number of hydrogen-bond donors (Lipinski definition) is 1. The van der Waals surface area contributed by atoms with Crippen molar-refractivity contribution in [3.63, 3.8) is 0 Å². The maximum absolute atomic E-state index is 12.4. The zero-order chi connectivity index (χ0) is 17.4. The van der Waals surface area contributed by atoms with Gasteiger partial charge in [-0.05, 0) is 49.1 Å². The lowest BCUT2D eigenvalue weighted by atomic mass is 9.95. The smallest absolute Gasteiger partial charge is 0.317 e. The van der Waals surface area contributed by atoms with Crippen molar-refractivity contribution in [1.29, 1.82) is 0 Å². The minimum atomic E-state index is -0.153. The van der Waals surface area contributed by atoms with Crippen LogP contribution in [0.2, 0.25) is 0 Å². The molecule has 1 aromatic carbocycles. The summed E-state index contributed by atoms with van der Waals surface area (Å²) in [4.78, 5) is 25.8. The first kappa shape index (κ1) is 16.4. The molecule has 1 aliphatic heterocycles. The Kier molecular flexibility index (Phi) is 4.18. The van der Waals surface area contributed by atoms with Gasteiger partial charge in [-0.25, -0.2) is 4.79 Å². The summed E-state index contributed by atoms with van der Waals surface area (Å²) in [5, 5.41) is 3.13. The normalized spacial score (nSPS) is 27.9. The van der Waals surface area contributed by atoms with E-state index in [0.29, 0.717) is 37.3 Å². The number of likely N-dealkylation sites (tertiary alicyclic amines) is 1. The van der Waals surface area contributed by atoms with Crippen molar-refractivity contribution in [2.45, 2.75) is 37.5 Å². The predicted molar refractivity (Wildman–Crippen MR) is 94.3 cm³/mol. The summed E-state index contributed by atoms with van der Waals surface area (Å²) in [6.45, 7) is 2.01. The molecule has 5 nitrogen and oxygen atoms in total. The van der Waals surface area contributed by atoms with Gasteiger partial charge in [0, 0.05) is 25.0 Å². The molecule has 1 aromatic rings. The van der Waals surface area contributed by atoms with Gasteiger partial charge >= 0.3 is 12.0 Å². The number of amides is 2. The number of carbonyl (C=O) groups excluding carboxylic acids is 2. The number of urea groups is 1. The van der Waals surface area contributed by atoms with Crippen LogP contribution in [0.1, 0.15) is 36.8 Å². The van der Waals surface area contributed by atoms with Crippen molar-refractivity contribution in [3.8, 4) is 0 Å². The quantitative estimate of drug-likeness (QED) is 0.859. The molecule has 0 unspecified atom stereocenters. The van der Waals surface area contributed by atoms with Gasteiger partial charge in [-0.1, -0.05) is 24.3 Å². The minimum Gasteiger partial charge on any atom is -0.469 e. The van der Waals surface area contributed by atoms with Crippen LogP contribution >= 0.6 is 0 Å². The molecular formula is C20H26N2O3. The number of nitrogens with zero attached hydrogens (tertiary/aromatic N) is 1. The van der Waals surface area contributed by atoms with Gasteiger partial charge in [-0.3, -0.25) is 4.79 Å². The number of esters is 1. The molecule has 25 heavy (non-hydrogen) atoms. The van der Waals surface area contributed by atoms with Crippen LogP contribution in [0.25, 0.3) is 0 Å². The Balaban J connectivity index is 1.27. The van der Waals surface area contributed by atoms with Crippen molar-refractivity contribution >= 4 is 12.0 Å². The molecule has 3 aliphatic rings. The molecule has 0 aromatic heterocycles. The van der Waals surface area contributed by atoms with E-state index in [1.165, 1.54) is 37.5 Å². The van der Waals surface area contributed by atoms with Crippen LogP contribution < -0.4 is 5.32 Å². The van der Waals surface area contributed by atoms with E-state index >= 15 is 0 Å². The Labute approximate surface area is 148 Å². The number of nitrogens with one attached hydrogen (secondary N) is 1. The lowest BCUT2D eigenvalue weighted by Crippen LogP contribution is -2.46. The van der Waals surface area contributed by atoms with Crippen molar-refractivity contribution in [3.05, 3.63) is 35.4 Å². The highest BCUT2D eigenvalue weighted by atomic mass is 16.5. The van der Waals surface area contributed by atoms with Gasteiger partial charge in [0.2, 0.25) is 0 Å². The van der Waals surface area contributed by atoms with Crippen molar-refractivity contribution in [1.82, 2.24) is 10.2 Å². The monoisotopic (exact) mass is 342 g/mol. The van der Waals surface area contributed by atoms with Gasteiger partial charge in [-0.2, -0.15) is 0 Å². The molecule has 2 fully saturated rings. The summed E-state index contributed by atoms with van der Waals surface area (Å²) in [5.74, 6) is 0.350. The Hall–Kier alpha value is -2.04. The third-order valence-corrected chi connectivity index (χ3v) is 6.44. The lowest BCUT2D eigenvalue weighted by Gasteiger charge is -2.30. The Morgan fingerprint density at radius 2 is 2.04 bits per heavy atom. The van der Waals surface area contributed by atoms with Crippen LogP contribution in [0.15, 0.2) is 24.3 Å². The van der Waals surface area contributed by atoms with Gasteiger partial charge in [-0.15, -0.1) is 0 Å². The number of ether oxygens (including phenoxy) is 1. The van der Waals surface area contributed by atoms with E-state index in [-0.39, 0.29) is 17.9 Å².